The zero-order chi connectivity index (χ0) is 14.6. The molecule has 0 aliphatic heterocycles. The van der Waals surface area contributed by atoms with Crippen molar-refractivity contribution in [1.82, 2.24) is 9.97 Å². The average molecular weight is 282 g/mol. The highest BCUT2D eigenvalue weighted by Crippen LogP contribution is 2.26. The molecule has 5 heteroatoms. The Bertz CT molecular complexity index is 420. The molecule has 2 N–H and O–H groups in total. The summed E-state index contributed by atoms with van der Waals surface area (Å²) in [4.78, 5) is 11.3. The van der Waals surface area contributed by atoms with Gasteiger partial charge in [0.25, 0.3) is 0 Å². The van der Waals surface area contributed by atoms with Gasteiger partial charge in [0.05, 0.1) is 0 Å². The third-order valence-electron chi connectivity index (χ3n) is 3.40. The second-order valence-electron chi connectivity index (χ2n) is 5.20. The summed E-state index contributed by atoms with van der Waals surface area (Å²) in [6.45, 7) is 8.39. The van der Waals surface area contributed by atoms with Crippen LogP contribution in [0.1, 0.15) is 44.5 Å². The summed E-state index contributed by atoms with van der Waals surface area (Å²) in [7, 11) is 2.10. The van der Waals surface area contributed by atoms with Crippen LogP contribution in [0.25, 0.3) is 0 Å². The summed E-state index contributed by atoms with van der Waals surface area (Å²) in [6, 6.07) is 0.475. The smallest absolute Gasteiger partial charge is 0.137 e. The first-order chi connectivity index (χ1) is 8.92. The Morgan fingerprint density at radius 2 is 1.95 bits per heavy atom. The molecule has 0 aromatic carbocycles. The fourth-order valence-electron chi connectivity index (χ4n) is 2.01. The maximum Gasteiger partial charge on any atom is 0.137 e. The standard InChI is InChI=1S/C14H26N4S/c1-7-11(8-19-6)18(5)14-10(4)12(15)16-13(17-14)9(2)3/h9,11H,7-8H2,1-6H3,(H2,15,16,17). The van der Waals surface area contributed by atoms with Gasteiger partial charge in [-0.05, 0) is 19.6 Å². The van der Waals surface area contributed by atoms with E-state index >= 15 is 0 Å². The highest BCUT2D eigenvalue weighted by atomic mass is 32.2. The number of nitrogens with zero attached hydrogens (tertiary/aromatic N) is 3. The Kier molecular flexibility index (Phi) is 5.91. The average Bonchev–Trinajstić information content (AvgIpc) is 2.37. The summed E-state index contributed by atoms with van der Waals surface area (Å²) < 4.78 is 0. The summed E-state index contributed by atoms with van der Waals surface area (Å²) in [5.74, 6) is 3.77. The number of nitrogen functional groups attached to an aromatic ring is 1. The van der Waals surface area contributed by atoms with Gasteiger partial charge < -0.3 is 10.6 Å². The first kappa shape index (κ1) is 16.1. The zero-order valence-electron chi connectivity index (χ0n) is 12.9. The van der Waals surface area contributed by atoms with E-state index in [9.17, 15) is 0 Å². The van der Waals surface area contributed by atoms with Crippen molar-refractivity contribution in [2.45, 2.75) is 46.1 Å². The minimum atomic E-state index is 0.288. The largest absolute Gasteiger partial charge is 0.383 e. The van der Waals surface area contributed by atoms with Crippen LogP contribution in [0.15, 0.2) is 0 Å². The molecule has 4 nitrogen and oxygen atoms in total. The van der Waals surface area contributed by atoms with Crippen LogP contribution < -0.4 is 10.6 Å². The van der Waals surface area contributed by atoms with Crippen LogP contribution in [0.4, 0.5) is 11.6 Å². The van der Waals surface area contributed by atoms with E-state index in [2.05, 4.69) is 44.0 Å². The lowest BCUT2D eigenvalue weighted by molar-refractivity contribution is 0.656. The van der Waals surface area contributed by atoms with Gasteiger partial charge in [0.1, 0.15) is 17.5 Å². The van der Waals surface area contributed by atoms with E-state index in [0.717, 1.165) is 29.4 Å². The minimum Gasteiger partial charge on any atom is -0.383 e. The maximum absolute atomic E-state index is 6.03. The summed E-state index contributed by atoms with van der Waals surface area (Å²) in [6.07, 6.45) is 3.23. The van der Waals surface area contributed by atoms with E-state index in [4.69, 9.17) is 10.7 Å². The van der Waals surface area contributed by atoms with Gasteiger partial charge in [-0.25, -0.2) is 9.97 Å². The monoisotopic (exact) mass is 282 g/mol. The molecule has 0 saturated heterocycles. The number of nitrogens with two attached hydrogens (primary N) is 1. The summed E-state index contributed by atoms with van der Waals surface area (Å²) in [5, 5.41) is 0. The topological polar surface area (TPSA) is 55.0 Å². The fourth-order valence-corrected chi connectivity index (χ4v) is 2.85. The second kappa shape index (κ2) is 6.98. The van der Waals surface area contributed by atoms with Gasteiger partial charge in [0.15, 0.2) is 0 Å². The fraction of sp³-hybridized carbons (Fsp3) is 0.714. The van der Waals surface area contributed by atoms with E-state index < -0.39 is 0 Å². The number of rotatable bonds is 6. The van der Waals surface area contributed by atoms with Gasteiger partial charge in [-0.15, -0.1) is 0 Å². The van der Waals surface area contributed by atoms with Crippen LogP contribution in [0.2, 0.25) is 0 Å². The van der Waals surface area contributed by atoms with Crippen molar-refractivity contribution in [3.8, 4) is 0 Å². The Morgan fingerprint density at radius 3 is 2.42 bits per heavy atom. The van der Waals surface area contributed by atoms with Crippen molar-refractivity contribution in [1.29, 1.82) is 0 Å². The van der Waals surface area contributed by atoms with Gasteiger partial charge in [-0.3, -0.25) is 0 Å². The van der Waals surface area contributed by atoms with Gasteiger partial charge in [-0.2, -0.15) is 11.8 Å². The Labute approximate surface area is 121 Å². The highest BCUT2D eigenvalue weighted by molar-refractivity contribution is 7.98. The zero-order valence-corrected chi connectivity index (χ0v) is 13.7. The van der Waals surface area contributed by atoms with Crippen molar-refractivity contribution in [2.75, 3.05) is 29.7 Å². The van der Waals surface area contributed by atoms with E-state index in [1.54, 1.807) is 0 Å². The molecule has 0 radical (unpaired) electrons. The molecule has 0 amide bonds. The first-order valence-electron chi connectivity index (χ1n) is 6.78. The first-order valence-corrected chi connectivity index (χ1v) is 8.17. The molecule has 0 spiro atoms. The van der Waals surface area contributed by atoms with Gasteiger partial charge >= 0.3 is 0 Å². The Hall–Kier alpha value is -0.970. The van der Waals surface area contributed by atoms with Gasteiger partial charge in [-0.1, -0.05) is 20.8 Å². The lowest BCUT2D eigenvalue weighted by Crippen LogP contribution is -2.34. The molecule has 1 atom stereocenters. The van der Waals surface area contributed by atoms with E-state index in [1.807, 2.05) is 18.7 Å². The molecular formula is C14H26N4S. The lowest BCUT2D eigenvalue weighted by Gasteiger charge is -2.29. The van der Waals surface area contributed by atoms with Crippen LogP contribution in [0.5, 0.6) is 0 Å². The quantitative estimate of drug-likeness (QED) is 0.869. The van der Waals surface area contributed by atoms with Crippen LogP contribution in [-0.4, -0.2) is 35.1 Å². The van der Waals surface area contributed by atoms with Crippen molar-refractivity contribution >= 4 is 23.4 Å². The maximum atomic E-state index is 6.03. The third kappa shape index (κ3) is 3.75. The van der Waals surface area contributed by atoms with Crippen molar-refractivity contribution in [3.63, 3.8) is 0 Å². The predicted octanol–water partition coefficient (Wildman–Crippen LogP) is 3.07. The number of anilines is 2. The SMILES string of the molecule is CCC(CSC)N(C)c1nc(C(C)C)nc(N)c1C. The van der Waals surface area contributed by atoms with E-state index in [1.165, 1.54) is 0 Å². The number of aromatic nitrogens is 2. The lowest BCUT2D eigenvalue weighted by atomic mass is 10.1. The van der Waals surface area contributed by atoms with Crippen molar-refractivity contribution in [3.05, 3.63) is 11.4 Å². The Morgan fingerprint density at radius 1 is 1.32 bits per heavy atom. The molecule has 0 aliphatic carbocycles. The van der Waals surface area contributed by atoms with Crippen LogP contribution >= 0.6 is 11.8 Å². The molecule has 1 aromatic rings. The molecule has 0 bridgehead atoms. The van der Waals surface area contributed by atoms with E-state index in [0.29, 0.717) is 11.9 Å². The second-order valence-corrected chi connectivity index (χ2v) is 6.11. The number of hydrogen-bond donors (Lipinski definition) is 1. The van der Waals surface area contributed by atoms with Crippen molar-refractivity contribution in [2.24, 2.45) is 0 Å². The molecule has 1 aromatic heterocycles. The molecule has 1 heterocycles. The van der Waals surface area contributed by atoms with Gasteiger partial charge in [0, 0.05) is 30.3 Å². The van der Waals surface area contributed by atoms with Crippen molar-refractivity contribution < 1.29 is 0 Å². The molecule has 0 aliphatic rings. The number of thioether (sulfide) groups is 1. The summed E-state index contributed by atoms with van der Waals surface area (Å²) in [5.41, 5.74) is 7.01. The minimum absolute atomic E-state index is 0.288. The van der Waals surface area contributed by atoms with Gasteiger partial charge in [0.2, 0.25) is 0 Å². The Balaban J connectivity index is 3.17. The third-order valence-corrected chi connectivity index (χ3v) is 4.12. The number of hydrogen-bond acceptors (Lipinski definition) is 5. The highest BCUT2D eigenvalue weighted by Gasteiger charge is 2.19. The molecule has 1 rings (SSSR count). The van der Waals surface area contributed by atoms with Crippen LogP contribution in [-0.2, 0) is 0 Å². The molecule has 0 saturated carbocycles. The van der Waals surface area contributed by atoms with Crippen LogP contribution in [0.3, 0.4) is 0 Å². The van der Waals surface area contributed by atoms with Crippen LogP contribution in [0, 0.1) is 6.92 Å². The normalized spacial score (nSPS) is 12.8. The molecular weight excluding hydrogens is 256 g/mol. The summed E-state index contributed by atoms with van der Waals surface area (Å²) >= 11 is 1.86. The van der Waals surface area contributed by atoms with E-state index in [-0.39, 0.29) is 5.92 Å². The molecule has 1 unspecified atom stereocenters. The molecule has 108 valence electrons. The predicted molar refractivity (Wildman–Crippen MR) is 86.1 cm³/mol. The molecule has 0 fully saturated rings. The molecule has 19 heavy (non-hydrogen) atoms.